The van der Waals surface area contributed by atoms with Gasteiger partial charge in [0, 0.05) is 12.9 Å². The second-order valence-electron chi connectivity index (χ2n) is 3.44. The predicted molar refractivity (Wildman–Crippen MR) is 67.3 cm³/mol. The van der Waals surface area contributed by atoms with Gasteiger partial charge >= 0.3 is 5.97 Å². The van der Waals surface area contributed by atoms with E-state index in [9.17, 15) is 4.79 Å². The average Bonchev–Trinajstić information content (AvgIpc) is 2.83. The lowest BCUT2D eigenvalue weighted by molar-refractivity contribution is -0.0804. The van der Waals surface area contributed by atoms with Crippen molar-refractivity contribution in [1.82, 2.24) is 0 Å². The fraction of sp³-hybridized carbons (Fsp3) is 0.417. The van der Waals surface area contributed by atoms with Gasteiger partial charge in [0.2, 0.25) is 0 Å². The van der Waals surface area contributed by atoms with Gasteiger partial charge < -0.3 is 14.6 Å². The van der Waals surface area contributed by atoms with Gasteiger partial charge in [-0.05, 0) is 18.6 Å². The highest BCUT2D eigenvalue weighted by molar-refractivity contribution is 7.99. The predicted octanol–water partition coefficient (Wildman–Crippen LogP) is 2.37. The molecule has 1 aromatic carbocycles. The van der Waals surface area contributed by atoms with Crippen molar-refractivity contribution in [2.75, 3.05) is 18.8 Å². The number of rotatable bonds is 2. The Hall–Kier alpha value is -1.04. The summed E-state index contributed by atoms with van der Waals surface area (Å²) in [5.41, 5.74) is 1.18. The number of hydrogen-bond donors (Lipinski definition) is 1. The number of hydrogen-bond acceptors (Lipinski definition) is 4. The summed E-state index contributed by atoms with van der Waals surface area (Å²) in [6, 6.07) is 6.92. The van der Waals surface area contributed by atoms with Gasteiger partial charge in [-0.2, -0.15) is 0 Å². The third kappa shape index (κ3) is 4.77. The molecule has 4 nitrogen and oxygen atoms in total. The third-order valence-electron chi connectivity index (χ3n) is 2.23. The zero-order valence-electron chi connectivity index (χ0n) is 9.88. The minimum atomic E-state index is -0.863. The zero-order chi connectivity index (χ0) is 12.7. The molecule has 0 spiro atoms. The maximum Gasteiger partial charge on any atom is 0.335 e. The van der Waals surface area contributed by atoms with Crippen molar-refractivity contribution in [2.45, 2.75) is 13.2 Å². The number of methoxy groups -OCH3 is 1. The van der Waals surface area contributed by atoms with Crippen molar-refractivity contribution in [2.24, 2.45) is 0 Å². The molecule has 0 aromatic heterocycles. The summed E-state index contributed by atoms with van der Waals surface area (Å²) >= 11 is 1.76. The number of ether oxygens (including phenoxy) is 2. The number of benzene rings is 1. The van der Waals surface area contributed by atoms with E-state index in [1.54, 1.807) is 44.0 Å². The lowest BCUT2D eigenvalue weighted by atomic mass is 10.1. The van der Waals surface area contributed by atoms with Crippen molar-refractivity contribution in [3.8, 4) is 0 Å². The van der Waals surface area contributed by atoms with Crippen LogP contribution >= 0.6 is 11.8 Å². The molecule has 1 aliphatic rings. The molecule has 0 bridgehead atoms. The molecule has 1 unspecified atom stereocenters. The van der Waals surface area contributed by atoms with E-state index in [2.05, 4.69) is 0 Å². The molecular formula is C12H16O4S. The Morgan fingerprint density at radius 2 is 2.24 bits per heavy atom. The monoisotopic (exact) mass is 256 g/mol. The minimum absolute atomic E-state index is 0.0602. The van der Waals surface area contributed by atoms with Gasteiger partial charge in [-0.15, -0.1) is 11.8 Å². The number of carboxylic acid groups (broad SMARTS) is 1. The second kappa shape index (κ2) is 7.32. The normalized spacial score (nSPS) is 18.4. The Labute approximate surface area is 105 Å². The molecule has 0 aliphatic carbocycles. The average molecular weight is 256 g/mol. The van der Waals surface area contributed by atoms with Crippen molar-refractivity contribution in [1.29, 1.82) is 0 Å². The van der Waals surface area contributed by atoms with Crippen LogP contribution in [0.15, 0.2) is 24.3 Å². The summed E-state index contributed by atoms with van der Waals surface area (Å²) < 4.78 is 9.91. The smallest absolute Gasteiger partial charge is 0.335 e. The molecule has 1 N–H and O–H groups in total. The highest BCUT2D eigenvalue weighted by Gasteiger charge is 2.13. The van der Waals surface area contributed by atoms with Crippen LogP contribution in [0.4, 0.5) is 0 Å². The Balaban J connectivity index is 0.000000181. The van der Waals surface area contributed by atoms with Crippen LogP contribution in [0.3, 0.4) is 0 Å². The summed E-state index contributed by atoms with van der Waals surface area (Å²) in [6.45, 7) is 1.78. The van der Waals surface area contributed by atoms with Crippen molar-refractivity contribution >= 4 is 17.7 Å². The molecule has 0 radical (unpaired) electrons. The molecule has 1 atom stereocenters. The topological polar surface area (TPSA) is 55.8 Å². The van der Waals surface area contributed by atoms with E-state index < -0.39 is 5.97 Å². The molecule has 1 fully saturated rings. The molecule has 94 valence electrons. The third-order valence-corrected chi connectivity index (χ3v) is 3.04. The molecule has 1 heterocycles. The number of aryl methyl sites for hydroxylation is 1. The molecule has 0 amide bonds. The van der Waals surface area contributed by atoms with Gasteiger partial charge in [0.1, 0.15) is 0 Å². The van der Waals surface area contributed by atoms with Crippen molar-refractivity contribution in [3.05, 3.63) is 35.4 Å². The minimum Gasteiger partial charge on any atom is -0.478 e. The fourth-order valence-corrected chi connectivity index (χ4v) is 2.03. The van der Waals surface area contributed by atoms with Crippen molar-refractivity contribution < 1.29 is 19.4 Å². The van der Waals surface area contributed by atoms with Crippen LogP contribution in [-0.4, -0.2) is 36.2 Å². The van der Waals surface area contributed by atoms with Crippen LogP contribution in [0.1, 0.15) is 15.9 Å². The molecule has 2 rings (SSSR count). The van der Waals surface area contributed by atoms with Gasteiger partial charge in [-0.3, -0.25) is 0 Å². The van der Waals surface area contributed by atoms with E-state index in [0.717, 1.165) is 17.3 Å². The van der Waals surface area contributed by atoms with E-state index in [0.29, 0.717) is 5.56 Å². The zero-order valence-corrected chi connectivity index (χ0v) is 10.7. The Morgan fingerprint density at radius 3 is 2.59 bits per heavy atom. The van der Waals surface area contributed by atoms with Gasteiger partial charge in [-0.25, -0.2) is 4.79 Å². The lowest BCUT2D eigenvalue weighted by Gasteiger charge is -2.01. The van der Waals surface area contributed by atoms with Crippen LogP contribution in [0.2, 0.25) is 0 Å². The molecule has 1 aliphatic heterocycles. The Kier molecular flexibility index (Phi) is 6.04. The maximum absolute atomic E-state index is 10.4. The van der Waals surface area contributed by atoms with E-state index in [1.165, 1.54) is 0 Å². The molecule has 17 heavy (non-hydrogen) atoms. The second-order valence-corrected chi connectivity index (χ2v) is 4.42. The first-order valence-electron chi connectivity index (χ1n) is 5.16. The molecular weight excluding hydrogens is 240 g/mol. The highest BCUT2D eigenvalue weighted by atomic mass is 32.2. The van der Waals surface area contributed by atoms with Crippen LogP contribution in [0, 0.1) is 6.92 Å². The summed E-state index contributed by atoms with van der Waals surface area (Å²) in [5.74, 6) is 0.910. The number of carbonyl (C=O) groups is 1. The number of carboxylic acids is 1. The Morgan fingerprint density at radius 1 is 1.53 bits per heavy atom. The number of thioether (sulfide) groups is 1. The molecule has 1 saturated heterocycles. The maximum atomic E-state index is 10.4. The van der Waals surface area contributed by atoms with Crippen LogP contribution < -0.4 is 0 Å². The fourth-order valence-electron chi connectivity index (χ4n) is 1.27. The van der Waals surface area contributed by atoms with E-state index in [4.69, 9.17) is 14.6 Å². The first-order chi connectivity index (χ1) is 8.15. The van der Waals surface area contributed by atoms with Crippen LogP contribution in [0.5, 0.6) is 0 Å². The molecule has 0 saturated carbocycles. The van der Waals surface area contributed by atoms with Gasteiger partial charge in [-0.1, -0.05) is 18.2 Å². The highest BCUT2D eigenvalue weighted by Crippen LogP contribution is 2.15. The van der Waals surface area contributed by atoms with Crippen LogP contribution in [0.25, 0.3) is 0 Å². The molecule has 5 heteroatoms. The van der Waals surface area contributed by atoms with E-state index >= 15 is 0 Å². The summed E-state index contributed by atoms with van der Waals surface area (Å²) in [7, 11) is 1.66. The standard InChI is InChI=1S/C8H8O2.C4H8O2S/c1-6-4-2-3-5-7(6)8(9)10;1-5-4-2-7-3-6-4/h2-5H,1H3,(H,9,10);4H,2-3H2,1H3. The lowest BCUT2D eigenvalue weighted by Crippen LogP contribution is -2.09. The van der Waals surface area contributed by atoms with Gasteiger partial charge in [0.25, 0.3) is 0 Å². The first-order valence-corrected chi connectivity index (χ1v) is 6.31. The quantitative estimate of drug-likeness (QED) is 0.880. The first kappa shape index (κ1) is 14.0. The number of aromatic carboxylic acids is 1. The van der Waals surface area contributed by atoms with E-state index in [-0.39, 0.29) is 6.29 Å². The van der Waals surface area contributed by atoms with E-state index in [1.807, 2.05) is 6.07 Å². The van der Waals surface area contributed by atoms with Crippen molar-refractivity contribution in [3.63, 3.8) is 0 Å². The summed E-state index contributed by atoms with van der Waals surface area (Å²) in [5, 5.41) is 8.57. The van der Waals surface area contributed by atoms with Gasteiger partial charge in [0.15, 0.2) is 6.29 Å². The SMILES string of the molecule is COC1CSCO1.Cc1ccccc1C(=O)O. The van der Waals surface area contributed by atoms with Gasteiger partial charge in [0.05, 0.1) is 11.5 Å². The summed E-state index contributed by atoms with van der Waals surface area (Å²) in [4.78, 5) is 10.4. The van der Waals surface area contributed by atoms with Crippen LogP contribution in [-0.2, 0) is 9.47 Å². The Bertz CT molecular complexity index is 361. The largest absolute Gasteiger partial charge is 0.478 e. The summed E-state index contributed by atoms with van der Waals surface area (Å²) in [6.07, 6.45) is 0.0602. The molecule has 1 aromatic rings.